The maximum absolute atomic E-state index is 12.5. The normalized spacial score (nSPS) is 15.8. The first kappa shape index (κ1) is 20.4. The Labute approximate surface area is 180 Å². The van der Waals surface area contributed by atoms with Crippen molar-refractivity contribution >= 4 is 39.1 Å². The van der Waals surface area contributed by atoms with Gasteiger partial charge in [-0.2, -0.15) is 0 Å². The molecule has 7 heteroatoms. The highest BCUT2D eigenvalue weighted by atomic mass is 35.5. The van der Waals surface area contributed by atoms with Gasteiger partial charge in [-0.1, -0.05) is 41.9 Å². The topological polar surface area (TPSA) is 40.5 Å². The Morgan fingerprint density at radius 2 is 1.83 bits per heavy atom. The molecule has 1 aromatic carbocycles. The summed E-state index contributed by atoms with van der Waals surface area (Å²) < 4.78 is 3.72. The summed E-state index contributed by atoms with van der Waals surface area (Å²) in [6.07, 6.45) is 0.967. The molecule has 154 valence electrons. The van der Waals surface area contributed by atoms with E-state index < -0.39 is 0 Å². The first-order valence-corrected chi connectivity index (χ1v) is 11.3. The van der Waals surface area contributed by atoms with Crippen LogP contribution in [-0.4, -0.2) is 59.5 Å². The average molecular weight is 431 g/mol. The van der Waals surface area contributed by atoms with Crippen molar-refractivity contribution in [2.75, 3.05) is 39.3 Å². The maximum atomic E-state index is 12.5. The molecule has 0 saturated carbocycles. The molecule has 1 aliphatic rings. The smallest absolute Gasteiger partial charge is 0.267 e. The van der Waals surface area contributed by atoms with Crippen LogP contribution in [0.15, 0.2) is 42.5 Å². The molecule has 0 radical (unpaired) electrons. The molecule has 2 aromatic heterocycles. The zero-order valence-electron chi connectivity index (χ0n) is 16.7. The van der Waals surface area contributed by atoms with Crippen LogP contribution >= 0.6 is 22.9 Å². The summed E-state index contributed by atoms with van der Waals surface area (Å²) in [6, 6.07) is 14.5. The molecule has 4 rings (SSSR count). The first-order valence-electron chi connectivity index (χ1n) is 10.1. The van der Waals surface area contributed by atoms with Gasteiger partial charge in [0.2, 0.25) is 0 Å². The average Bonchev–Trinajstić information content (AvgIpc) is 3.24. The van der Waals surface area contributed by atoms with Crippen LogP contribution in [0.4, 0.5) is 0 Å². The summed E-state index contributed by atoms with van der Waals surface area (Å²) in [5.41, 5.74) is 3.09. The van der Waals surface area contributed by atoms with Gasteiger partial charge in [-0.25, -0.2) is 0 Å². The molecule has 0 unspecified atom stereocenters. The van der Waals surface area contributed by atoms with Crippen LogP contribution in [0.25, 0.3) is 10.2 Å². The van der Waals surface area contributed by atoms with E-state index in [2.05, 4.69) is 45.4 Å². The molecule has 3 heterocycles. The van der Waals surface area contributed by atoms with Crippen molar-refractivity contribution in [3.05, 3.63) is 58.1 Å². The van der Waals surface area contributed by atoms with Gasteiger partial charge in [0.15, 0.2) is 0 Å². The Hall–Kier alpha value is -1.86. The number of aryl methyl sites for hydroxylation is 1. The van der Waals surface area contributed by atoms with Gasteiger partial charge in [0.05, 0.1) is 14.6 Å². The number of amides is 1. The molecule has 0 aliphatic carbocycles. The van der Waals surface area contributed by atoms with E-state index in [-0.39, 0.29) is 5.91 Å². The number of carbonyl (C=O) groups is 1. The number of hydrogen-bond acceptors (Lipinski definition) is 4. The summed E-state index contributed by atoms with van der Waals surface area (Å²) in [6.45, 7) is 7.14. The van der Waals surface area contributed by atoms with Crippen molar-refractivity contribution in [3.63, 3.8) is 0 Å². The van der Waals surface area contributed by atoms with Crippen LogP contribution in [0.2, 0.25) is 4.34 Å². The van der Waals surface area contributed by atoms with Crippen LogP contribution in [0.1, 0.15) is 22.5 Å². The van der Waals surface area contributed by atoms with Gasteiger partial charge in [-0.05, 0) is 30.7 Å². The summed E-state index contributed by atoms with van der Waals surface area (Å²) >= 11 is 7.56. The predicted octanol–water partition coefficient (Wildman–Crippen LogP) is 3.83. The van der Waals surface area contributed by atoms with E-state index >= 15 is 0 Å². The molecule has 0 atom stereocenters. The quantitative estimate of drug-likeness (QED) is 0.579. The zero-order chi connectivity index (χ0) is 20.2. The lowest BCUT2D eigenvalue weighted by Crippen LogP contribution is -2.46. The number of benzene rings is 1. The molecular weight excluding hydrogens is 404 g/mol. The van der Waals surface area contributed by atoms with Gasteiger partial charge in [0, 0.05) is 46.3 Å². The molecule has 0 bridgehead atoms. The molecule has 29 heavy (non-hydrogen) atoms. The second-order valence-corrected chi connectivity index (χ2v) is 9.32. The van der Waals surface area contributed by atoms with E-state index in [9.17, 15) is 4.79 Å². The number of thiophene rings is 1. The van der Waals surface area contributed by atoms with E-state index in [1.54, 1.807) is 0 Å². The van der Waals surface area contributed by atoms with Crippen molar-refractivity contribution in [1.29, 1.82) is 0 Å². The molecule has 0 spiro atoms. The summed E-state index contributed by atoms with van der Waals surface area (Å²) in [5, 5.41) is 3.06. The van der Waals surface area contributed by atoms with Gasteiger partial charge >= 0.3 is 0 Å². The van der Waals surface area contributed by atoms with Crippen LogP contribution in [-0.2, 0) is 13.6 Å². The predicted molar refractivity (Wildman–Crippen MR) is 121 cm³/mol. The standard InChI is InChI=1S/C22H27ClN4OS/c1-25-18-15-21(23)29-20(18)14-19(25)22(28)24-8-5-9-26-10-12-27(13-11-26)16-17-6-3-2-4-7-17/h2-4,6-7,14-15H,5,8-13,16H2,1H3,(H,24,28). The van der Waals surface area contributed by atoms with E-state index in [0.717, 1.165) is 60.2 Å². The molecular formula is C22H27ClN4OS. The molecule has 1 fully saturated rings. The number of fused-ring (bicyclic) bond motifs is 1. The summed E-state index contributed by atoms with van der Waals surface area (Å²) in [5.74, 6) is -0.0142. The number of hydrogen-bond donors (Lipinski definition) is 1. The van der Waals surface area contributed by atoms with Gasteiger partial charge < -0.3 is 14.8 Å². The lowest BCUT2D eigenvalue weighted by atomic mass is 10.2. The van der Waals surface area contributed by atoms with Crippen molar-refractivity contribution in [3.8, 4) is 0 Å². The van der Waals surface area contributed by atoms with Crippen molar-refractivity contribution < 1.29 is 4.79 Å². The fourth-order valence-electron chi connectivity index (χ4n) is 3.91. The second-order valence-electron chi connectivity index (χ2n) is 7.60. The molecule has 3 aromatic rings. The number of aromatic nitrogens is 1. The van der Waals surface area contributed by atoms with Gasteiger partial charge in [0.25, 0.3) is 5.91 Å². The van der Waals surface area contributed by atoms with Gasteiger partial charge in [0.1, 0.15) is 5.69 Å². The van der Waals surface area contributed by atoms with Crippen LogP contribution in [0.5, 0.6) is 0 Å². The Morgan fingerprint density at radius 1 is 1.10 bits per heavy atom. The SMILES string of the molecule is Cn1c(C(=O)NCCCN2CCN(Cc3ccccc3)CC2)cc2sc(Cl)cc21. The fourth-order valence-corrected chi connectivity index (χ4v) is 5.11. The van der Waals surface area contributed by atoms with Gasteiger partial charge in [-0.3, -0.25) is 9.69 Å². The molecule has 5 nitrogen and oxygen atoms in total. The Bertz CT molecular complexity index is 960. The first-order chi connectivity index (χ1) is 14.1. The largest absolute Gasteiger partial charge is 0.351 e. The Balaban J connectivity index is 1.17. The third kappa shape index (κ3) is 5.01. The zero-order valence-corrected chi connectivity index (χ0v) is 18.3. The highest BCUT2D eigenvalue weighted by Gasteiger charge is 2.17. The lowest BCUT2D eigenvalue weighted by molar-refractivity contribution is 0.0939. The van der Waals surface area contributed by atoms with Gasteiger partial charge in [-0.15, -0.1) is 11.3 Å². The molecule has 1 N–H and O–H groups in total. The number of halogens is 1. The maximum Gasteiger partial charge on any atom is 0.267 e. The molecule has 1 aliphatic heterocycles. The van der Waals surface area contributed by atoms with Crippen molar-refractivity contribution in [2.45, 2.75) is 13.0 Å². The molecule has 1 saturated heterocycles. The minimum atomic E-state index is -0.0142. The van der Waals surface area contributed by atoms with Crippen molar-refractivity contribution in [2.24, 2.45) is 7.05 Å². The number of nitrogens with zero attached hydrogens (tertiary/aromatic N) is 3. The third-order valence-corrected chi connectivity index (χ3v) is 6.78. The summed E-state index contributed by atoms with van der Waals surface area (Å²) in [4.78, 5) is 17.5. The van der Waals surface area contributed by atoms with Crippen LogP contribution in [0, 0.1) is 0 Å². The van der Waals surface area contributed by atoms with E-state index in [1.807, 2.05) is 23.7 Å². The fraction of sp³-hybridized carbons (Fsp3) is 0.409. The third-order valence-electron chi connectivity index (χ3n) is 5.58. The minimum absolute atomic E-state index is 0.0142. The Morgan fingerprint density at radius 3 is 2.55 bits per heavy atom. The number of piperazine rings is 1. The number of rotatable bonds is 7. The summed E-state index contributed by atoms with van der Waals surface area (Å²) in [7, 11) is 1.91. The molecule has 1 amide bonds. The van der Waals surface area contributed by atoms with Crippen LogP contribution in [0.3, 0.4) is 0 Å². The Kier molecular flexibility index (Phi) is 6.55. The number of carbonyl (C=O) groups excluding carboxylic acids is 1. The van der Waals surface area contributed by atoms with Crippen molar-refractivity contribution in [1.82, 2.24) is 19.7 Å². The van der Waals surface area contributed by atoms with Crippen LogP contribution < -0.4 is 5.32 Å². The number of nitrogens with one attached hydrogen (secondary N) is 1. The second kappa shape index (κ2) is 9.30. The van der Waals surface area contributed by atoms with E-state index in [0.29, 0.717) is 12.2 Å². The minimum Gasteiger partial charge on any atom is -0.351 e. The highest BCUT2D eigenvalue weighted by Crippen LogP contribution is 2.31. The lowest BCUT2D eigenvalue weighted by Gasteiger charge is -2.34. The van der Waals surface area contributed by atoms with E-state index in [4.69, 9.17) is 11.6 Å². The monoisotopic (exact) mass is 430 g/mol. The highest BCUT2D eigenvalue weighted by molar-refractivity contribution is 7.22. The van der Waals surface area contributed by atoms with E-state index in [1.165, 1.54) is 16.9 Å².